The topological polar surface area (TPSA) is 69.6 Å². The quantitative estimate of drug-likeness (QED) is 0.727. The number of rotatable bonds is 4. The van der Waals surface area contributed by atoms with E-state index < -0.39 is 6.04 Å². The van der Waals surface area contributed by atoms with Crippen molar-refractivity contribution in [1.82, 2.24) is 10.2 Å². The number of likely N-dealkylation sites (tertiary alicyclic amines) is 1. The van der Waals surface area contributed by atoms with E-state index in [1.165, 1.54) is 0 Å². The lowest BCUT2D eigenvalue weighted by Crippen LogP contribution is -2.45. The van der Waals surface area contributed by atoms with E-state index in [1.54, 1.807) is 28.4 Å². The van der Waals surface area contributed by atoms with Crippen molar-refractivity contribution in [2.75, 3.05) is 6.54 Å². The molecule has 2 aromatic carbocycles. The van der Waals surface area contributed by atoms with Crippen LogP contribution in [0.5, 0.6) is 5.75 Å². The summed E-state index contributed by atoms with van der Waals surface area (Å²) >= 11 is 1.59. The Balaban J connectivity index is 1.54. The van der Waals surface area contributed by atoms with E-state index in [2.05, 4.69) is 5.32 Å². The second-order valence-electron chi connectivity index (χ2n) is 6.69. The van der Waals surface area contributed by atoms with Crippen molar-refractivity contribution in [3.8, 4) is 5.75 Å². The van der Waals surface area contributed by atoms with Crippen LogP contribution in [0.1, 0.15) is 28.8 Å². The Morgan fingerprint density at radius 2 is 2.04 bits per heavy atom. The van der Waals surface area contributed by atoms with Crippen LogP contribution in [0.15, 0.2) is 53.2 Å². The van der Waals surface area contributed by atoms with Crippen LogP contribution in [-0.4, -0.2) is 34.4 Å². The van der Waals surface area contributed by atoms with Crippen LogP contribution in [0.25, 0.3) is 10.8 Å². The monoisotopic (exact) mass is 380 g/mol. The van der Waals surface area contributed by atoms with Crippen LogP contribution in [-0.2, 0) is 11.3 Å². The van der Waals surface area contributed by atoms with Crippen molar-refractivity contribution >= 4 is 33.9 Å². The Morgan fingerprint density at radius 3 is 2.85 bits per heavy atom. The summed E-state index contributed by atoms with van der Waals surface area (Å²) in [5.74, 6) is -0.471. The van der Waals surface area contributed by atoms with Crippen LogP contribution in [0.3, 0.4) is 0 Å². The molecule has 1 aromatic heterocycles. The van der Waals surface area contributed by atoms with Gasteiger partial charge in [-0.15, -0.1) is 0 Å². The summed E-state index contributed by atoms with van der Waals surface area (Å²) < 4.78 is 0. The van der Waals surface area contributed by atoms with Gasteiger partial charge in [-0.05, 0) is 46.7 Å². The average molecular weight is 380 g/mol. The normalized spacial score (nSPS) is 16.6. The molecule has 1 atom stereocenters. The first-order valence-corrected chi connectivity index (χ1v) is 9.90. The number of hydrogen-bond donors (Lipinski definition) is 2. The molecule has 0 radical (unpaired) electrons. The molecule has 1 unspecified atom stereocenters. The van der Waals surface area contributed by atoms with Crippen molar-refractivity contribution in [3.05, 3.63) is 64.4 Å². The van der Waals surface area contributed by atoms with Gasteiger partial charge < -0.3 is 15.3 Å². The summed E-state index contributed by atoms with van der Waals surface area (Å²) in [4.78, 5) is 27.2. The molecule has 27 heavy (non-hydrogen) atoms. The minimum atomic E-state index is -0.498. The zero-order chi connectivity index (χ0) is 18.8. The molecule has 1 aliphatic rings. The first kappa shape index (κ1) is 17.5. The molecule has 0 bridgehead atoms. The molecule has 1 aliphatic heterocycles. The Labute approximate surface area is 161 Å². The standard InChI is InChI=1S/C21H20N2O3S/c24-19-16-5-2-1-4-15(16)7-8-17(19)21(26)23-10-3-6-18(23)20(25)22-12-14-9-11-27-13-14/h1-2,4-5,7-9,11,13,18,24H,3,6,10,12H2,(H,22,25). The number of nitrogens with one attached hydrogen (secondary N) is 1. The molecule has 1 saturated heterocycles. The minimum absolute atomic E-state index is 0.0255. The second kappa shape index (κ2) is 7.40. The van der Waals surface area contributed by atoms with Crippen LogP contribution >= 0.6 is 11.3 Å². The predicted molar refractivity (Wildman–Crippen MR) is 106 cm³/mol. The second-order valence-corrected chi connectivity index (χ2v) is 7.47. The van der Waals surface area contributed by atoms with Gasteiger partial charge in [-0.1, -0.05) is 30.3 Å². The van der Waals surface area contributed by atoms with E-state index >= 15 is 0 Å². The van der Waals surface area contributed by atoms with Gasteiger partial charge in [-0.3, -0.25) is 9.59 Å². The summed E-state index contributed by atoms with van der Waals surface area (Å²) in [6, 6.07) is 12.3. The summed E-state index contributed by atoms with van der Waals surface area (Å²) in [6.45, 7) is 0.976. The van der Waals surface area contributed by atoms with Crippen molar-refractivity contribution in [1.29, 1.82) is 0 Å². The molecule has 0 spiro atoms. The maximum Gasteiger partial charge on any atom is 0.258 e. The fraction of sp³-hybridized carbons (Fsp3) is 0.238. The highest BCUT2D eigenvalue weighted by Crippen LogP contribution is 2.31. The third-order valence-electron chi connectivity index (χ3n) is 4.99. The minimum Gasteiger partial charge on any atom is -0.506 e. The number of amides is 2. The number of fused-ring (bicyclic) bond motifs is 1. The number of carbonyl (C=O) groups excluding carboxylic acids is 2. The van der Waals surface area contributed by atoms with Gasteiger partial charge in [0, 0.05) is 18.5 Å². The molecule has 138 valence electrons. The predicted octanol–water partition coefficient (Wildman–Crippen LogP) is 3.53. The number of benzene rings is 2. The fourth-order valence-electron chi connectivity index (χ4n) is 3.57. The number of phenolic OH excluding ortho intramolecular Hbond substituents is 1. The molecule has 4 rings (SSSR count). The number of carbonyl (C=O) groups is 2. The lowest BCUT2D eigenvalue weighted by Gasteiger charge is -2.24. The van der Waals surface area contributed by atoms with Crippen molar-refractivity contribution < 1.29 is 14.7 Å². The van der Waals surface area contributed by atoms with Gasteiger partial charge in [0.1, 0.15) is 11.8 Å². The van der Waals surface area contributed by atoms with Gasteiger partial charge in [0.25, 0.3) is 5.91 Å². The molecule has 2 heterocycles. The zero-order valence-corrected chi connectivity index (χ0v) is 15.5. The molecule has 6 heteroatoms. The van der Waals surface area contributed by atoms with Gasteiger partial charge in [-0.2, -0.15) is 11.3 Å². The van der Waals surface area contributed by atoms with Gasteiger partial charge in [-0.25, -0.2) is 0 Å². The van der Waals surface area contributed by atoms with Gasteiger partial charge in [0.05, 0.1) is 5.56 Å². The lowest BCUT2D eigenvalue weighted by molar-refractivity contribution is -0.125. The van der Waals surface area contributed by atoms with E-state index in [9.17, 15) is 14.7 Å². The first-order chi connectivity index (χ1) is 13.1. The number of aromatic hydroxyl groups is 1. The maximum atomic E-state index is 13.0. The number of hydrogen-bond acceptors (Lipinski definition) is 4. The number of thiophene rings is 1. The molecule has 5 nitrogen and oxygen atoms in total. The molecule has 0 saturated carbocycles. The van der Waals surface area contributed by atoms with E-state index in [1.807, 2.05) is 41.1 Å². The highest BCUT2D eigenvalue weighted by Gasteiger charge is 2.35. The summed E-state index contributed by atoms with van der Waals surface area (Å²) in [6.07, 6.45) is 1.41. The largest absolute Gasteiger partial charge is 0.506 e. The molecule has 2 N–H and O–H groups in total. The highest BCUT2D eigenvalue weighted by atomic mass is 32.1. The van der Waals surface area contributed by atoms with Gasteiger partial charge in [0.15, 0.2) is 0 Å². The first-order valence-electron chi connectivity index (χ1n) is 8.95. The van der Waals surface area contributed by atoms with Crippen molar-refractivity contribution in [3.63, 3.8) is 0 Å². The molecule has 2 amide bonds. The van der Waals surface area contributed by atoms with E-state index in [4.69, 9.17) is 0 Å². The van der Waals surface area contributed by atoms with Crippen LogP contribution in [0, 0.1) is 0 Å². The fourth-order valence-corrected chi connectivity index (χ4v) is 4.23. The Morgan fingerprint density at radius 1 is 1.19 bits per heavy atom. The third kappa shape index (κ3) is 3.40. The van der Waals surface area contributed by atoms with Crippen molar-refractivity contribution in [2.45, 2.75) is 25.4 Å². The van der Waals surface area contributed by atoms with Gasteiger partial charge >= 0.3 is 0 Å². The van der Waals surface area contributed by atoms with Gasteiger partial charge in [0.2, 0.25) is 5.91 Å². The van der Waals surface area contributed by atoms with Crippen LogP contribution < -0.4 is 5.32 Å². The molecular weight excluding hydrogens is 360 g/mol. The summed E-state index contributed by atoms with van der Waals surface area (Å²) in [7, 11) is 0. The average Bonchev–Trinajstić information content (AvgIpc) is 3.38. The highest BCUT2D eigenvalue weighted by molar-refractivity contribution is 7.07. The van der Waals surface area contributed by atoms with Crippen LogP contribution in [0.4, 0.5) is 0 Å². The van der Waals surface area contributed by atoms with E-state index in [-0.39, 0.29) is 23.1 Å². The summed E-state index contributed by atoms with van der Waals surface area (Å²) in [5.41, 5.74) is 1.29. The molecule has 3 aromatic rings. The Bertz CT molecular complexity index is 984. The third-order valence-corrected chi connectivity index (χ3v) is 5.73. The number of nitrogens with zero attached hydrogens (tertiary/aromatic N) is 1. The molecule has 0 aliphatic carbocycles. The summed E-state index contributed by atoms with van der Waals surface area (Å²) in [5, 5.41) is 19.0. The molecular formula is C21H20N2O3S. The SMILES string of the molecule is O=C(NCc1ccsc1)C1CCCN1C(=O)c1ccc2ccccc2c1O. The van der Waals surface area contributed by atoms with Crippen molar-refractivity contribution in [2.24, 2.45) is 0 Å². The Kier molecular flexibility index (Phi) is 4.81. The smallest absolute Gasteiger partial charge is 0.258 e. The Hall–Kier alpha value is -2.86. The number of phenols is 1. The maximum absolute atomic E-state index is 13.0. The zero-order valence-electron chi connectivity index (χ0n) is 14.7. The van der Waals surface area contributed by atoms with E-state index in [0.717, 1.165) is 17.4 Å². The molecule has 1 fully saturated rings. The van der Waals surface area contributed by atoms with E-state index in [0.29, 0.717) is 24.9 Å². The lowest BCUT2D eigenvalue weighted by atomic mass is 10.0. The van der Waals surface area contributed by atoms with Crippen LogP contribution in [0.2, 0.25) is 0 Å².